The molecule has 5 nitrogen and oxygen atoms in total. The standard InChI is InChI=1S/C24H24N4OS/c1-16-7-6-10-19(13-16)28-12-11-27(14-17(28)2)24-25-21-20(18-8-4-3-5-9-18)15-30-22(21)23(29)26-24/h3-10,13,15,17H,11-12,14H2,1-2H3,(H,25,26,29)/t17-/m1/s1. The molecule has 2 aromatic carbocycles. The zero-order valence-electron chi connectivity index (χ0n) is 17.1. The van der Waals surface area contributed by atoms with Crippen LogP contribution in [0.5, 0.6) is 0 Å². The molecule has 0 unspecified atom stereocenters. The molecule has 4 aromatic rings. The van der Waals surface area contributed by atoms with Gasteiger partial charge in [-0.3, -0.25) is 9.78 Å². The second-order valence-corrected chi connectivity index (χ2v) is 8.79. The van der Waals surface area contributed by atoms with Gasteiger partial charge in [-0.05, 0) is 37.1 Å². The van der Waals surface area contributed by atoms with Gasteiger partial charge in [-0.1, -0.05) is 42.5 Å². The third-order valence-corrected chi connectivity index (χ3v) is 6.73. The highest BCUT2D eigenvalue weighted by molar-refractivity contribution is 7.17. The number of anilines is 2. The molecule has 1 atom stereocenters. The lowest BCUT2D eigenvalue weighted by atomic mass is 10.1. The second-order valence-electron chi connectivity index (χ2n) is 7.91. The maximum Gasteiger partial charge on any atom is 0.270 e. The summed E-state index contributed by atoms with van der Waals surface area (Å²) in [5.41, 5.74) is 5.36. The van der Waals surface area contributed by atoms with Crippen LogP contribution in [-0.4, -0.2) is 35.6 Å². The van der Waals surface area contributed by atoms with Crippen LogP contribution in [-0.2, 0) is 0 Å². The number of nitrogens with zero attached hydrogens (tertiary/aromatic N) is 3. The van der Waals surface area contributed by atoms with Crippen LogP contribution < -0.4 is 15.4 Å². The Kier molecular flexibility index (Phi) is 4.79. The minimum atomic E-state index is -0.0593. The molecule has 2 aromatic heterocycles. The molecular formula is C24H24N4OS. The number of piperazine rings is 1. The zero-order valence-corrected chi connectivity index (χ0v) is 17.9. The summed E-state index contributed by atoms with van der Waals surface area (Å²) in [6.45, 7) is 6.87. The van der Waals surface area contributed by atoms with E-state index in [1.54, 1.807) is 0 Å². The summed E-state index contributed by atoms with van der Waals surface area (Å²) in [5, 5.41) is 2.03. The summed E-state index contributed by atoms with van der Waals surface area (Å²) in [7, 11) is 0. The molecule has 6 heteroatoms. The van der Waals surface area contributed by atoms with Gasteiger partial charge in [0, 0.05) is 42.3 Å². The fraction of sp³-hybridized carbons (Fsp3) is 0.250. The van der Waals surface area contributed by atoms with Crippen LogP contribution in [0.1, 0.15) is 12.5 Å². The third kappa shape index (κ3) is 3.37. The van der Waals surface area contributed by atoms with Crippen LogP contribution in [0.25, 0.3) is 21.3 Å². The van der Waals surface area contributed by atoms with E-state index < -0.39 is 0 Å². The first-order valence-electron chi connectivity index (χ1n) is 10.3. The molecule has 1 fully saturated rings. The summed E-state index contributed by atoms with van der Waals surface area (Å²) in [6.07, 6.45) is 0. The van der Waals surface area contributed by atoms with E-state index in [9.17, 15) is 4.79 Å². The minimum Gasteiger partial charge on any atom is -0.365 e. The molecule has 152 valence electrons. The summed E-state index contributed by atoms with van der Waals surface area (Å²) >= 11 is 1.46. The van der Waals surface area contributed by atoms with E-state index in [1.165, 1.54) is 22.6 Å². The fourth-order valence-corrected chi connectivity index (χ4v) is 5.14. The van der Waals surface area contributed by atoms with E-state index in [0.29, 0.717) is 16.7 Å². The first kappa shape index (κ1) is 18.9. The van der Waals surface area contributed by atoms with E-state index in [4.69, 9.17) is 4.98 Å². The van der Waals surface area contributed by atoms with Gasteiger partial charge in [0.2, 0.25) is 5.95 Å². The maximum atomic E-state index is 12.8. The van der Waals surface area contributed by atoms with Crippen molar-refractivity contribution in [2.45, 2.75) is 19.9 Å². The number of thiophene rings is 1. The van der Waals surface area contributed by atoms with Crippen molar-refractivity contribution < 1.29 is 0 Å². The van der Waals surface area contributed by atoms with Crippen molar-refractivity contribution in [1.82, 2.24) is 9.97 Å². The van der Waals surface area contributed by atoms with Crippen LogP contribution in [0.15, 0.2) is 64.8 Å². The number of fused-ring (bicyclic) bond motifs is 1. The molecule has 0 aliphatic carbocycles. The van der Waals surface area contributed by atoms with Gasteiger partial charge < -0.3 is 9.80 Å². The Morgan fingerprint density at radius 2 is 1.93 bits per heavy atom. The number of nitrogens with one attached hydrogen (secondary N) is 1. The number of hydrogen-bond acceptors (Lipinski definition) is 5. The lowest BCUT2D eigenvalue weighted by Gasteiger charge is -2.41. The summed E-state index contributed by atoms with van der Waals surface area (Å²) in [6, 6.07) is 19.1. The van der Waals surface area contributed by atoms with Crippen molar-refractivity contribution in [2.75, 3.05) is 29.4 Å². The Labute approximate surface area is 179 Å². The van der Waals surface area contributed by atoms with Gasteiger partial charge in [0.15, 0.2) is 0 Å². The Bertz CT molecular complexity index is 1250. The summed E-state index contributed by atoms with van der Waals surface area (Å²) in [5.74, 6) is 0.666. The van der Waals surface area contributed by atoms with Gasteiger partial charge in [-0.15, -0.1) is 11.3 Å². The van der Waals surface area contributed by atoms with Gasteiger partial charge in [0.1, 0.15) is 4.70 Å². The summed E-state index contributed by atoms with van der Waals surface area (Å²) in [4.78, 5) is 25.3. The van der Waals surface area contributed by atoms with E-state index in [2.05, 4.69) is 65.0 Å². The number of aryl methyl sites for hydroxylation is 1. The van der Waals surface area contributed by atoms with Crippen molar-refractivity contribution in [2.24, 2.45) is 0 Å². The molecule has 3 heterocycles. The molecule has 0 radical (unpaired) electrons. The van der Waals surface area contributed by atoms with Crippen LogP contribution in [0, 0.1) is 6.92 Å². The number of rotatable bonds is 3. The third-order valence-electron chi connectivity index (χ3n) is 5.76. The highest BCUT2D eigenvalue weighted by Crippen LogP contribution is 2.32. The van der Waals surface area contributed by atoms with Crippen molar-refractivity contribution in [1.29, 1.82) is 0 Å². The first-order chi connectivity index (χ1) is 14.6. The van der Waals surface area contributed by atoms with Crippen LogP contribution in [0.3, 0.4) is 0 Å². The number of aromatic nitrogens is 2. The van der Waals surface area contributed by atoms with E-state index in [0.717, 1.165) is 36.3 Å². The molecule has 5 rings (SSSR count). The molecule has 0 saturated carbocycles. The van der Waals surface area contributed by atoms with Crippen molar-refractivity contribution in [3.05, 3.63) is 75.9 Å². The molecular weight excluding hydrogens is 392 g/mol. The van der Waals surface area contributed by atoms with Gasteiger partial charge in [0.05, 0.1) is 5.52 Å². The molecule has 1 saturated heterocycles. The van der Waals surface area contributed by atoms with E-state index in [-0.39, 0.29) is 5.56 Å². The van der Waals surface area contributed by atoms with Crippen molar-refractivity contribution >= 4 is 33.2 Å². The normalized spacial score (nSPS) is 16.9. The number of benzene rings is 2. The Morgan fingerprint density at radius 1 is 1.10 bits per heavy atom. The zero-order chi connectivity index (χ0) is 20.7. The average Bonchev–Trinajstić information content (AvgIpc) is 3.19. The van der Waals surface area contributed by atoms with Gasteiger partial charge in [-0.2, -0.15) is 0 Å². The summed E-state index contributed by atoms with van der Waals surface area (Å²) < 4.78 is 0.684. The van der Waals surface area contributed by atoms with E-state index in [1.807, 2.05) is 23.6 Å². The molecule has 0 bridgehead atoms. The average molecular weight is 417 g/mol. The molecule has 0 amide bonds. The Morgan fingerprint density at radius 3 is 2.70 bits per heavy atom. The van der Waals surface area contributed by atoms with Crippen LogP contribution >= 0.6 is 11.3 Å². The van der Waals surface area contributed by atoms with Crippen molar-refractivity contribution in [3.8, 4) is 11.1 Å². The number of aromatic amines is 1. The topological polar surface area (TPSA) is 52.2 Å². The highest BCUT2D eigenvalue weighted by atomic mass is 32.1. The lowest BCUT2D eigenvalue weighted by Crippen LogP contribution is -2.52. The SMILES string of the molecule is Cc1cccc(N2CCN(c3nc4c(-c5ccccc5)csc4c(=O)[nH]3)C[C@H]2C)c1. The molecule has 1 aliphatic rings. The van der Waals surface area contributed by atoms with Crippen LogP contribution in [0.4, 0.5) is 11.6 Å². The minimum absolute atomic E-state index is 0.0593. The fourth-order valence-electron chi connectivity index (χ4n) is 4.23. The molecule has 30 heavy (non-hydrogen) atoms. The quantitative estimate of drug-likeness (QED) is 0.527. The predicted octanol–water partition coefficient (Wildman–Crippen LogP) is 4.68. The molecule has 1 N–H and O–H groups in total. The van der Waals surface area contributed by atoms with Crippen LogP contribution in [0.2, 0.25) is 0 Å². The lowest BCUT2D eigenvalue weighted by molar-refractivity contribution is 0.543. The van der Waals surface area contributed by atoms with Gasteiger partial charge in [-0.25, -0.2) is 4.98 Å². The monoisotopic (exact) mass is 416 g/mol. The van der Waals surface area contributed by atoms with Crippen molar-refractivity contribution in [3.63, 3.8) is 0 Å². The second kappa shape index (κ2) is 7.61. The van der Waals surface area contributed by atoms with Gasteiger partial charge in [0.25, 0.3) is 5.56 Å². The van der Waals surface area contributed by atoms with E-state index >= 15 is 0 Å². The smallest absolute Gasteiger partial charge is 0.270 e. The number of hydrogen-bond donors (Lipinski definition) is 1. The Hall–Kier alpha value is -3.12. The number of H-pyrrole nitrogens is 1. The molecule has 0 spiro atoms. The highest BCUT2D eigenvalue weighted by Gasteiger charge is 2.26. The largest absolute Gasteiger partial charge is 0.365 e. The first-order valence-corrected chi connectivity index (χ1v) is 11.1. The maximum absolute atomic E-state index is 12.8. The molecule has 1 aliphatic heterocycles. The van der Waals surface area contributed by atoms with Gasteiger partial charge >= 0.3 is 0 Å². The predicted molar refractivity (Wildman–Crippen MR) is 126 cm³/mol. The Balaban J connectivity index is 1.46.